The summed E-state index contributed by atoms with van der Waals surface area (Å²) in [6, 6.07) is 0. The van der Waals surface area contributed by atoms with Crippen LogP contribution in [0.2, 0.25) is 0 Å². The Bertz CT molecular complexity index is 731. The molecule has 0 aliphatic carbocycles. The lowest BCUT2D eigenvalue weighted by molar-refractivity contribution is -0.623. The smallest absolute Gasteiger partial charge is 0.500 e. The molecule has 7 nitrogen and oxygen atoms in total. The van der Waals surface area contributed by atoms with Gasteiger partial charge in [-0.2, -0.15) is 19.5 Å². The summed E-state index contributed by atoms with van der Waals surface area (Å²) < 4.78 is 0.228. The molecule has 1 fully saturated rings. The lowest BCUT2D eigenvalue weighted by atomic mass is 10.1. The molecule has 20 heavy (non-hydrogen) atoms. The fraction of sp³-hybridized carbons (Fsp3) is 0.462. The van der Waals surface area contributed by atoms with E-state index < -0.39 is 5.69 Å². The van der Waals surface area contributed by atoms with Crippen molar-refractivity contribution in [3.63, 3.8) is 0 Å². The van der Waals surface area contributed by atoms with Crippen LogP contribution in [0.15, 0.2) is 11.0 Å². The van der Waals surface area contributed by atoms with Crippen LogP contribution in [0, 0.1) is 17.0 Å². The van der Waals surface area contributed by atoms with Gasteiger partial charge in [-0.3, -0.25) is 4.90 Å². The molecule has 1 aliphatic rings. The van der Waals surface area contributed by atoms with E-state index in [1.807, 2.05) is 0 Å². The number of aromatic nitrogens is 4. The summed E-state index contributed by atoms with van der Waals surface area (Å²) in [6.45, 7) is 2.91. The third-order valence-electron chi connectivity index (χ3n) is 3.36. The van der Waals surface area contributed by atoms with Gasteiger partial charge >= 0.3 is 5.69 Å². The molecule has 2 N–H and O–H groups in total. The fourth-order valence-electron chi connectivity index (χ4n) is 2.32. The van der Waals surface area contributed by atoms with E-state index in [-0.39, 0.29) is 4.73 Å². The zero-order valence-electron chi connectivity index (χ0n) is 11.0. The van der Waals surface area contributed by atoms with Crippen LogP contribution in [-0.4, -0.2) is 39.5 Å². The summed E-state index contributed by atoms with van der Waals surface area (Å²) in [5, 5.41) is 11.1. The van der Waals surface area contributed by atoms with Gasteiger partial charge < -0.3 is 10.2 Å². The van der Waals surface area contributed by atoms with Crippen molar-refractivity contribution < 1.29 is 4.73 Å². The van der Waals surface area contributed by atoms with Gasteiger partial charge in [-0.15, -0.1) is 0 Å². The number of H-pyrrole nitrogens is 2. The molecule has 104 valence electrons. The van der Waals surface area contributed by atoms with Gasteiger partial charge in [0.05, 0.1) is 6.54 Å². The Morgan fingerprint density at radius 3 is 2.95 bits per heavy atom. The lowest BCUT2D eigenvalue weighted by Gasteiger charge is -2.23. The fourth-order valence-corrected chi connectivity index (χ4v) is 2.32. The molecule has 1 saturated heterocycles. The van der Waals surface area contributed by atoms with Crippen LogP contribution in [0.25, 0.3) is 11.2 Å². The zero-order valence-corrected chi connectivity index (χ0v) is 11.0. The van der Waals surface area contributed by atoms with Crippen molar-refractivity contribution in [3.05, 3.63) is 27.7 Å². The van der Waals surface area contributed by atoms with Gasteiger partial charge in [0.2, 0.25) is 0 Å². The van der Waals surface area contributed by atoms with Crippen LogP contribution in [0.1, 0.15) is 25.1 Å². The number of fused-ring (bicyclic) bond motifs is 1. The molecule has 0 aromatic carbocycles. The van der Waals surface area contributed by atoms with E-state index >= 15 is 0 Å². The SMILES string of the molecule is O=c1[nH]c2nc(C#CCN3CCCCC3)[nH]c2c[n+]1[O-]. The Morgan fingerprint density at radius 1 is 1.35 bits per heavy atom. The molecule has 0 spiro atoms. The maximum absolute atomic E-state index is 11.2. The summed E-state index contributed by atoms with van der Waals surface area (Å²) in [5.41, 5.74) is 0.0862. The molecule has 3 heterocycles. The molecule has 0 bridgehead atoms. The van der Waals surface area contributed by atoms with Crippen LogP contribution in [0.5, 0.6) is 0 Å². The Labute approximate surface area is 115 Å². The Morgan fingerprint density at radius 2 is 2.15 bits per heavy atom. The first kappa shape index (κ1) is 12.7. The van der Waals surface area contributed by atoms with E-state index in [4.69, 9.17) is 0 Å². The van der Waals surface area contributed by atoms with Gasteiger partial charge in [0.25, 0.3) is 5.65 Å². The van der Waals surface area contributed by atoms with E-state index in [9.17, 15) is 10.0 Å². The van der Waals surface area contributed by atoms with Gasteiger partial charge in [0.1, 0.15) is 11.7 Å². The first-order valence-corrected chi connectivity index (χ1v) is 6.66. The molecule has 0 atom stereocenters. The van der Waals surface area contributed by atoms with Crippen molar-refractivity contribution in [2.75, 3.05) is 19.6 Å². The summed E-state index contributed by atoms with van der Waals surface area (Å²) in [6.07, 6.45) is 4.93. The topological polar surface area (TPSA) is 91.7 Å². The molecule has 0 amide bonds. The largest absolute Gasteiger partial charge is 0.708 e. The van der Waals surface area contributed by atoms with Crippen molar-refractivity contribution in [1.29, 1.82) is 0 Å². The molecule has 0 saturated carbocycles. The van der Waals surface area contributed by atoms with Crippen LogP contribution in [-0.2, 0) is 0 Å². The Kier molecular flexibility index (Phi) is 3.39. The molecule has 1 aliphatic heterocycles. The summed E-state index contributed by atoms with van der Waals surface area (Å²) in [4.78, 5) is 22.9. The second kappa shape index (κ2) is 5.35. The number of hydrogen-bond acceptors (Lipinski definition) is 4. The third-order valence-corrected chi connectivity index (χ3v) is 3.36. The zero-order chi connectivity index (χ0) is 13.9. The molecular weight excluding hydrogens is 258 g/mol. The minimum absolute atomic E-state index is 0.228. The van der Waals surface area contributed by atoms with E-state index in [0.29, 0.717) is 17.0 Å². The highest BCUT2D eigenvalue weighted by molar-refractivity contribution is 5.68. The van der Waals surface area contributed by atoms with E-state index in [1.165, 1.54) is 19.3 Å². The van der Waals surface area contributed by atoms with Crippen molar-refractivity contribution in [2.24, 2.45) is 0 Å². The number of aromatic amines is 2. The summed E-state index contributed by atoms with van der Waals surface area (Å²) in [7, 11) is 0. The first-order chi connectivity index (χ1) is 9.72. The number of rotatable bonds is 1. The van der Waals surface area contributed by atoms with Gasteiger partial charge in [-0.25, -0.2) is 0 Å². The maximum Gasteiger partial charge on any atom is 0.500 e. The molecule has 2 aromatic rings. The van der Waals surface area contributed by atoms with E-state index in [0.717, 1.165) is 25.8 Å². The van der Waals surface area contributed by atoms with Crippen molar-refractivity contribution >= 4 is 11.2 Å². The van der Waals surface area contributed by atoms with Crippen LogP contribution in [0.3, 0.4) is 0 Å². The number of imidazole rings is 1. The predicted octanol–water partition coefficient (Wildman–Crippen LogP) is -0.278. The van der Waals surface area contributed by atoms with Gasteiger partial charge in [-0.1, -0.05) is 12.3 Å². The second-order valence-corrected chi connectivity index (χ2v) is 4.87. The number of piperidine rings is 1. The average Bonchev–Trinajstić information content (AvgIpc) is 2.82. The maximum atomic E-state index is 11.2. The van der Waals surface area contributed by atoms with Crippen LogP contribution >= 0.6 is 0 Å². The minimum atomic E-state index is -0.739. The van der Waals surface area contributed by atoms with Gasteiger partial charge in [-0.05, 0) is 31.9 Å². The number of likely N-dealkylation sites (tertiary alicyclic amines) is 1. The van der Waals surface area contributed by atoms with Crippen molar-refractivity contribution in [1.82, 2.24) is 19.9 Å². The molecule has 7 heteroatoms. The Balaban J connectivity index is 1.76. The molecule has 2 aromatic heterocycles. The minimum Gasteiger partial charge on any atom is -0.708 e. The summed E-state index contributed by atoms with van der Waals surface area (Å²) in [5.74, 6) is 6.45. The first-order valence-electron chi connectivity index (χ1n) is 6.66. The number of hydrogen-bond donors (Lipinski definition) is 2. The predicted molar refractivity (Wildman–Crippen MR) is 72.8 cm³/mol. The lowest BCUT2D eigenvalue weighted by Crippen LogP contribution is -2.45. The number of nitrogens with zero attached hydrogens (tertiary/aromatic N) is 3. The molecular formula is C13H15N5O2. The quantitative estimate of drug-likeness (QED) is 0.425. The van der Waals surface area contributed by atoms with Crippen LogP contribution in [0.4, 0.5) is 0 Å². The molecule has 0 radical (unpaired) electrons. The second-order valence-electron chi connectivity index (χ2n) is 4.87. The van der Waals surface area contributed by atoms with E-state index in [2.05, 4.69) is 31.7 Å². The molecule has 0 unspecified atom stereocenters. The van der Waals surface area contributed by atoms with E-state index in [1.54, 1.807) is 0 Å². The normalized spacial score (nSPS) is 16.0. The highest BCUT2D eigenvalue weighted by Crippen LogP contribution is 2.07. The Hall–Kier alpha value is -2.33. The summed E-state index contributed by atoms with van der Waals surface area (Å²) >= 11 is 0. The van der Waals surface area contributed by atoms with Crippen LogP contribution < -0.4 is 10.4 Å². The molecule has 3 rings (SSSR count). The van der Waals surface area contributed by atoms with Gasteiger partial charge in [0.15, 0.2) is 5.82 Å². The third kappa shape index (κ3) is 2.65. The van der Waals surface area contributed by atoms with Crippen molar-refractivity contribution in [2.45, 2.75) is 19.3 Å². The highest BCUT2D eigenvalue weighted by atomic mass is 16.5. The number of nitrogens with one attached hydrogen (secondary N) is 2. The monoisotopic (exact) mass is 273 g/mol. The van der Waals surface area contributed by atoms with Crippen molar-refractivity contribution in [3.8, 4) is 11.8 Å². The van der Waals surface area contributed by atoms with Gasteiger partial charge in [0, 0.05) is 0 Å². The standard InChI is InChI=1S/C13H15N5O2/c19-13-16-12-10(9-18(13)20)14-11(15-12)5-4-8-17-6-2-1-3-7-17/h9H,1-3,6-8H2,(H2,14,15,16,19). The highest BCUT2D eigenvalue weighted by Gasteiger charge is 2.09. The average molecular weight is 273 g/mol.